The van der Waals surface area contributed by atoms with Gasteiger partial charge in [0.2, 0.25) is 5.91 Å². The number of ether oxygens (including phenoxy) is 1. The second-order valence-electron chi connectivity index (χ2n) is 6.64. The van der Waals surface area contributed by atoms with Crippen LogP contribution in [0.4, 0.5) is 0 Å². The Kier molecular flexibility index (Phi) is 8.34. The lowest BCUT2D eigenvalue weighted by Crippen LogP contribution is -2.46. The standard InChI is InChI=1S/C18H31ClN4O3/c1-4-21(5-2)14-6-8-22(9-7-14)17(25)12-15(24)18-20-13-16(19)23(18)10-11-26-3/h13-15,24H,4-12H2,1-3H3. The maximum absolute atomic E-state index is 12.6. The van der Waals surface area contributed by atoms with Gasteiger partial charge in [-0.15, -0.1) is 0 Å². The summed E-state index contributed by atoms with van der Waals surface area (Å²) < 4.78 is 6.75. The third kappa shape index (κ3) is 5.19. The van der Waals surface area contributed by atoms with Gasteiger partial charge < -0.3 is 24.2 Å². The molecule has 148 valence electrons. The molecule has 0 saturated carbocycles. The highest BCUT2D eigenvalue weighted by Crippen LogP contribution is 2.23. The van der Waals surface area contributed by atoms with E-state index in [0.717, 1.165) is 39.0 Å². The summed E-state index contributed by atoms with van der Waals surface area (Å²) >= 11 is 6.12. The van der Waals surface area contributed by atoms with Crippen LogP contribution in [0.1, 0.15) is 45.0 Å². The first-order valence-corrected chi connectivity index (χ1v) is 9.79. The van der Waals surface area contributed by atoms with Crippen molar-refractivity contribution in [3.8, 4) is 0 Å². The van der Waals surface area contributed by atoms with Gasteiger partial charge in [0.1, 0.15) is 17.1 Å². The molecule has 1 fully saturated rings. The van der Waals surface area contributed by atoms with Crippen LogP contribution in [0.25, 0.3) is 0 Å². The summed E-state index contributed by atoms with van der Waals surface area (Å²) in [6.45, 7) is 8.87. The number of aliphatic hydroxyl groups is 1. The number of hydrogen-bond donors (Lipinski definition) is 1. The molecule has 1 amide bonds. The largest absolute Gasteiger partial charge is 0.385 e. The molecule has 1 aliphatic heterocycles. The third-order valence-corrected chi connectivity index (χ3v) is 5.47. The Balaban J connectivity index is 1.90. The number of carbonyl (C=O) groups is 1. The Hall–Kier alpha value is -1.15. The van der Waals surface area contributed by atoms with E-state index in [1.807, 2.05) is 4.90 Å². The number of aliphatic hydroxyl groups excluding tert-OH is 1. The molecule has 1 aromatic rings. The predicted molar refractivity (Wildman–Crippen MR) is 101 cm³/mol. The number of piperidine rings is 1. The van der Waals surface area contributed by atoms with Crippen molar-refractivity contribution < 1.29 is 14.6 Å². The van der Waals surface area contributed by atoms with Crippen LogP contribution in [-0.4, -0.2) is 76.3 Å². The van der Waals surface area contributed by atoms with Gasteiger partial charge in [0.25, 0.3) is 0 Å². The number of nitrogens with zero attached hydrogens (tertiary/aromatic N) is 4. The number of carbonyl (C=O) groups excluding carboxylic acids is 1. The minimum Gasteiger partial charge on any atom is -0.385 e. The van der Waals surface area contributed by atoms with Gasteiger partial charge in [-0.1, -0.05) is 25.4 Å². The van der Waals surface area contributed by atoms with Crippen LogP contribution < -0.4 is 0 Å². The lowest BCUT2D eigenvalue weighted by atomic mass is 10.0. The number of rotatable bonds is 9. The summed E-state index contributed by atoms with van der Waals surface area (Å²) in [5.74, 6) is 0.381. The lowest BCUT2D eigenvalue weighted by molar-refractivity contribution is -0.135. The van der Waals surface area contributed by atoms with Crippen LogP contribution in [-0.2, 0) is 16.1 Å². The van der Waals surface area contributed by atoms with Gasteiger partial charge in [-0.2, -0.15) is 0 Å². The molecule has 2 heterocycles. The maximum atomic E-state index is 12.6. The monoisotopic (exact) mass is 386 g/mol. The van der Waals surface area contributed by atoms with Gasteiger partial charge in [0, 0.05) is 32.8 Å². The van der Waals surface area contributed by atoms with Crippen LogP contribution >= 0.6 is 11.6 Å². The molecule has 8 heteroatoms. The molecule has 26 heavy (non-hydrogen) atoms. The molecule has 0 bridgehead atoms. The minimum atomic E-state index is -0.965. The fourth-order valence-electron chi connectivity index (χ4n) is 3.64. The lowest BCUT2D eigenvalue weighted by Gasteiger charge is -2.38. The van der Waals surface area contributed by atoms with Crippen LogP contribution in [0.15, 0.2) is 6.20 Å². The first kappa shape index (κ1) is 21.2. The van der Waals surface area contributed by atoms with E-state index in [1.165, 1.54) is 6.20 Å². The molecule has 7 nitrogen and oxygen atoms in total. The number of aromatic nitrogens is 2. The van der Waals surface area contributed by atoms with Crippen LogP contribution in [0.2, 0.25) is 5.15 Å². The Bertz CT molecular complexity index is 569. The van der Waals surface area contributed by atoms with Crippen molar-refractivity contribution in [2.45, 2.75) is 51.8 Å². The Morgan fingerprint density at radius 1 is 1.42 bits per heavy atom. The molecule has 2 rings (SSSR count). The number of amides is 1. The van der Waals surface area contributed by atoms with Crippen LogP contribution in [0.5, 0.6) is 0 Å². The van der Waals surface area contributed by atoms with Gasteiger partial charge in [-0.05, 0) is 25.9 Å². The van der Waals surface area contributed by atoms with E-state index in [4.69, 9.17) is 16.3 Å². The van der Waals surface area contributed by atoms with Gasteiger partial charge in [-0.3, -0.25) is 4.79 Å². The highest BCUT2D eigenvalue weighted by atomic mass is 35.5. The molecular weight excluding hydrogens is 356 g/mol. The molecule has 0 radical (unpaired) electrons. The van der Waals surface area contributed by atoms with Crippen molar-refractivity contribution in [1.29, 1.82) is 0 Å². The van der Waals surface area contributed by atoms with Gasteiger partial charge in [0.15, 0.2) is 0 Å². The van der Waals surface area contributed by atoms with Crippen molar-refractivity contribution >= 4 is 17.5 Å². The Labute approximate surface area is 160 Å². The highest BCUT2D eigenvalue weighted by molar-refractivity contribution is 6.29. The highest BCUT2D eigenvalue weighted by Gasteiger charge is 2.28. The van der Waals surface area contributed by atoms with Crippen molar-refractivity contribution in [3.63, 3.8) is 0 Å². The zero-order chi connectivity index (χ0) is 19.1. The van der Waals surface area contributed by atoms with E-state index >= 15 is 0 Å². The summed E-state index contributed by atoms with van der Waals surface area (Å²) in [7, 11) is 1.60. The fraction of sp³-hybridized carbons (Fsp3) is 0.778. The van der Waals surface area contributed by atoms with E-state index < -0.39 is 6.10 Å². The smallest absolute Gasteiger partial charge is 0.225 e. The number of methoxy groups -OCH3 is 1. The topological polar surface area (TPSA) is 70.8 Å². The summed E-state index contributed by atoms with van der Waals surface area (Å²) in [6.07, 6.45) is 2.52. The Morgan fingerprint density at radius 3 is 2.65 bits per heavy atom. The molecule has 0 aliphatic carbocycles. The number of hydrogen-bond acceptors (Lipinski definition) is 5. The Morgan fingerprint density at radius 2 is 2.08 bits per heavy atom. The second kappa shape index (κ2) is 10.3. The van der Waals surface area contributed by atoms with Gasteiger partial charge >= 0.3 is 0 Å². The van der Waals surface area contributed by atoms with E-state index in [1.54, 1.807) is 11.7 Å². The van der Waals surface area contributed by atoms with Crippen molar-refractivity contribution in [3.05, 3.63) is 17.2 Å². The van der Waals surface area contributed by atoms with E-state index in [-0.39, 0.29) is 12.3 Å². The molecule has 0 aromatic carbocycles. The first-order valence-electron chi connectivity index (χ1n) is 9.41. The summed E-state index contributed by atoms with van der Waals surface area (Å²) in [5.41, 5.74) is 0. The SMILES string of the molecule is CCN(CC)C1CCN(C(=O)CC(O)c2ncc(Cl)n2CCOC)CC1. The molecule has 1 aromatic heterocycles. The average molecular weight is 387 g/mol. The maximum Gasteiger partial charge on any atom is 0.225 e. The summed E-state index contributed by atoms with van der Waals surface area (Å²) in [4.78, 5) is 21.1. The zero-order valence-corrected chi connectivity index (χ0v) is 16.8. The van der Waals surface area contributed by atoms with E-state index in [2.05, 4.69) is 23.7 Å². The molecular formula is C18H31ClN4O3. The molecule has 0 spiro atoms. The summed E-state index contributed by atoms with van der Waals surface area (Å²) in [6, 6.07) is 0.547. The van der Waals surface area contributed by atoms with Crippen molar-refractivity contribution in [2.24, 2.45) is 0 Å². The van der Waals surface area contributed by atoms with Crippen LogP contribution in [0, 0.1) is 0 Å². The molecule has 1 atom stereocenters. The second-order valence-corrected chi connectivity index (χ2v) is 7.02. The minimum absolute atomic E-state index is 0.0241. The molecule has 1 unspecified atom stereocenters. The quantitative estimate of drug-likeness (QED) is 0.702. The van der Waals surface area contributed by atoms with Gasteiger partial charge in [-0.25, -0.2) is 4.98 Å². The number of likely N-dealkylation sites (tertiary alicyclic amines) is 1. The summed E-state index contributed by atoms with van der Waals surface area (Å²) in [5, 5.41) is 10.9. The third-order valence-electron chi connectivity index (χ3n) is 5.17. The fourth-order valence-corrected chi connectivity index (χ4v) is 3.86. The van der Waals surface area contributed by atoms with Gasteiger partial charge in [0.05, 0.1) is 19.2 Å². The zero-order valence-electron chi connectivity index (χ0n) is 16.0. The normalized spacial score (nSPS) is 17.1. The van der Waals surface area contributed by atoms with E-state index in [0.29, 0.717) is 30.2 Å². The molecule has 1 aliphatic rings. The van der Waals surface area contributed by atoms with Crippen LogP contribution in [0.3, 0.4) is 0 Å². The van der Waals surface area contributed by atoms with E-state index in [9.17, 15) is 9.90 Å². The van der Waals surface area contributed by atoms with Crippen molar-refractivity contribution in [1.82, 2.24) is 19.4 Å². The number of halogens is 1. The predicted octanol–water partition coefficient (Wildman–Crippen LogP) is 1.94. The number of imidazole rings is 1. The van der Waals surface area contributed by atoms with Crippen molar-refractivity contribution in [2.75, 3.05) is 39.9 Å². The molecule has 1 saturated heterocycles. The average Bonchev–Trinajstić information content (AvgIpc) is 3.02. The molecule has 1 N–H and O–H groups in total. The first-order chi connectivity index (χ1) is 12.5.